The van der Waals surface area contributed by atoms with Gasteiger partial charge in [0.25, 0.3) is 5.91 Å². The first kappa shape index (κ1) is 16.5. The Labute approximate surface area is 151 Å². The molecule has 3 aromatic heterocycles. The van der Waals surface area contributed by atoms with E-state index < -0.39 is 0 Å². The standard InChI is InChI=1S/C18H21N7O/c26-18(23-14-4-2-7-20-11-14)15-12-22-25-8-5-16(24-17(15)25)21-10-13-3-1-6-19-9-13/h1,3,5-6,8-9,12,14,20H,2,4,7,10-11H2,(H,21,24)(H,23,26). The van der Waals surface area contributed by atoms with Gasteiger partial charge in [-0.25, -0.2) is 9.50 Å². The van der Waals surface area contributed by atoms with Crippen LogP contribution in [0.1, 0.15) is 28.8 Å². The van der Waals surface area contributed by atoms with E-state index in [1.807, 2.05) is 18.2 Å². The zero-order valence-corrected chi connectivity index (χ0v) is 14.4. The van der Waals surface area contributed by atoms with Gasteiger partial charge in [-0.05, 0) is 37.1 Å². The van der Waals surface area contributed by atoms with Crippen LogP contribution in [0.25, 0.3) is 5.65 Å². The molecule has 134 valence electrons. The van der Waals surface area contributed by atoms with Gasteiger partial charge in [0.05, 0.1) is 6.20 Å². The molecule has 1 saturated heterocycles. The van der Waals surface area contributed by atoms with Gasteiger partial charge in [-0.15, -0.1) is 0 Å². The number of anilines is 1. The number of hydrogen-bond donors (Lipinski definition) is 3. The van der Waals surface area contributed by atoms with Crippen molar-refractivity contribution >= 4 is 17.4 Å². The summed E-state index contributed by atoms with van der Waals surface area (Å²) in [4.78, 5) is 21.3. The third-order valence-corrected chi connectivity index (χ3v) is 4.44. The van der Waals surface area contributed by atoms with Gasteiger partial charge in [-0.3, -0.25) is 9.78 Å². The number of hydrogen-bond acceptors (Lipinski definition) is 6. The molecule has 1 aliphatic rings. The van der Waals surface area contributed by atoms with Crippen LogP contribution in [0.3, 0.4) is 0 Å². The number of fused-ring (bicyclic) bond motifs is 1. The number of nitrogens with one attached hydrogen (secondary N) is 3. The van der Waals surface area contributed by atoms with E-state index >= 15 is 0 Å². The minimum atomic E-state index is -0.134. The number of carbonyl (C=O) groups excluding carboxylic acids is 1. The fourth-order valence-electron chi connectivity index (χ4n) is 3.06. The highest BCUT2D eigenvalue weighted by atomic mass is 16.1. The van der Waals surface area contributed by atoms with Crippen molar-refractivity contribution < 1.29 is 4.79 Å². The molecular weight excluding hydrogens is 330 g/mol. The zero-order valence-electron chi connectivity index (χ0n) is 14.4. The lowest BCUT2D eigenvalue weighted by Gasteiger charge is -2.23. The summed E-state index contributed by atoms with van der Waals surface area (Å²) in [5, 5.41) is 13.9. The van der Waals surface area contributed by atoms with Crippen molar-refractivity contribution in [1.29, 1.82) is 0 Å². The second-order valence-electron chi connectivity index (χ2n) is 6.37. The van der Waals surface area contributed by atoms with Crippen LogP contribution in [0, 0.1) is 0 Å². The van der Waals surface area contributed by atoms with Crippen LogP contribution >= 0.6 is 0 Å². The summed E-state index contributed by atoms with van der Waals surface area (Å²) in [6, 6.07) is 5.88. The summed E-state index contributed by atoms with van der Waals surface area (Å²) in [7, 11) is 0. The average Bonchev–Trinajstić information content (AvgIpc) is 3.11. The largest absolute Gasteiger partial charge is 0.366 e. The normalized spacial score (nSPS) is 17.2. The van der Waals surface area contributed by atoms with Crippen molar-refractivity contribution in [3.8, 4) is 0 Å². The lowest BCUT2D eigenvalue weighted by Crippen LogP contribution is -2.45. The molecule has 1 fully saturated rings. The van der Waals surface area contributed by atoms with Gasteiger partial charge < -0.3 is 16.0 Å². The van der Waals surface area contributed by atoms with Crippen LogP contribution in [-0.4, -0.2) is 44.6 Å². The van der Waals surface area contributed by atoms with Crippen molar-refractivity contribution in [3.63, 3.8) is 0 Å². The molecule has 4 rings (SSSR count). The van der Waals surface area contributed by atoms with Crippen molar-refractivity contribution in [2.75, 3.05) is 18.4 Å². The summed E-state index contributed by atoms with van der Waals surface area (Å²) < 4.78 is 1.61. The summed E-state index contributed by atoms with van der Waals surface area (Å²) in [6.07, 6.45) is 8.98. The molecule has 4 heterocycles. The summed E-state index contributed by atoms with van der Waals surface area (Å²) in [5.74, 6) is 0.556. The molecule has 0 aliphatic carbocycles. The van der Waals surface area contributed by atoms with Crippen LogP contribution in [0.4, 0.5) is 5.82 Å². The van der Waals surface area contributed by atoms with Crippen LogP contribution < -0.4 is 16.0 Å². The van der Waals surface area contributed by atoms with Gasteiger partial charge in [0.15, 0.2) is 5.65 Å². The molecule has 1 aliphatic heterocycles. The Morgan fingerprint density at radius 3 is 3.12 bits per heavy atom. The van der Waals surface area contributed by atoms with E-state index in [-0.39, 0.29) is 11.9 Å². The number of aromatic nitrogens is 4. The number of amides is 1. The molecule has 0 saturated carbocycles. The Hall–Kier alpha value is -3.00. The van der Waals surface area contributed by atoms with E-state index in [2.05, 4.69) is 31.0 Å². The number of nitrogens with zero attached hydrogens (tertiary/aromatic N) is 4. The van der Waals surface area contributed by atoms with Crippen LogP contribution in [0.5, 0.6) is 0 Å². The quantitative estimate of drug-likeness (QED) is 0.640. The summed E-state index contributed by atoms with van der Waals surface area (Å²) >= 11 is 0. The minimum Gasteiger partial charge on any atom is -0.366 e. The summed E-state index contributed by atoms with van der Waals surface area (Å²) in [5.41, 5.74) is 2.09. The third kappa shape index (κ3) is 3.65. The van der Waals surface area contributed by atoms with Crippen molar-refractivity contribution in [2.45, 2.75) is 25.4 Å². The fraction of sp³-hybridized carbons (Fsp3) is 0.333. The van der Waals surface area contributed by atoms with Crippen LogP contribution in [0.15, 0.2) is 43.0 Å². The lowest BCUT2D eigenvalue weighted by atomic mass is 10.1. The predicted octanol–water partition coefficient (Wildman–Crippen LogP) is 1.22. The van der Waals surface area contributed by atoms with Gasteiger partial charge in [0.1, 0.15) is 11.4 Å². The maximum absolute atomic E-state index is 12.6. The van der Waals surface area contributed by atoms with Crippen LogP contribution in [0.2, 0.25) is 0 Å². The van der Waals surface area contributed by atoms with Crippen molar-refractivity contribution in [3.05, 3.63) is 54.1 Å². The Morgan fingerprint density at radius 1 is 1.35 bits per heavy atom. The number of carbonyl (C=O) groups is 1. The predicted molar refractivity (Wildman–Crippen MR) is 97.9 cm³/mol. The zero-order chi connectivity index (χ0) is 17.8. The summed E-state index contributed by atoms with van der Waals surface area (Å²) in [6.45, 7) is 2.42. The molecule has 0 aromatic carbocycles. The lowest BCUT2D eigenvalue weighted by molar-refractivity contribution is 0.0932. The molecule has 1 amide bonds. The smallest absolute Gasteiger partial charge is 0.257 e. The van der Waals surface area contributed by atoms with Gasteiger partial charge >= 0.3 is 0 Å². The average molecular weight is 351 g/mol. The molecule has 8 heteroatoms. The number of piperidine rings is 1. The Bertz CT molecular complexity index is 887. The maximum Gasteiger partial charge on any atom is 0.257 e. The van der Waals surface area contributed by atoms with E-state index in [0.717, 1.165) is 31.5 Å². The Morgan fingerprint density at radius 2 is 2.31 bits per heavy atom. The van der Waals surface area contributed by atoms with Crippen molar-refractivity contribution in [1.82, 2.24) is 30.2 Å². The molecule has 0 bridgehead atoms. The molecule has 1 atom stereocenters. The van der Waals surface area contributed by atoms with Gasteiger partial charge in [0, 0.05) is 37.7 Å². The first-order valence-electron chi connectivity index (χ1n) is 8.78. The number of pyridine rings is 1. The van der Waals surface area contributed by atoms with Gasteiger partial charge in [-0.2, -0.15) is 5.10 Å². The fourth-order valence-corrected chi connectivity index (χ4v) is 3.06. The van der Waals surface area contributed by atoms with Gasteiger partial charge in [-0.1, -0.05) is 6.07 Å². The highest BCUT2D eigenvalue weighted by molar-refractivity contribution is 5.99. The molecule has 3 aromatic rings. The van der Waals surface area contributed by atoms with E-state index in [1.54, 1.807) is 29.3 Å². The molecule has 0 radical (unpaired) electrons. The highest BCUT2D eigenvalue weighted by Gasteiger charge is 2.19. The Kier molecular flexibility index (Phi) is 4.74. The topological polar surface area (TPSA) is 96.2 Å². The van der Waals surface area contributed by atoms with E-state index in [1.165, 1.54) is 0 Å². The first-order valence-corrected chi connectivity index (χ1v) is 8.78. The second kappa shape index (κ2) is 7.49. The first-order chi connectivity index (χ1) is 12.8. The van der Waals surface area contributed by atoms with Gasteiger partial charge in [0.2, 0.25) is 0 Å². The highest BCUT2D eigenvalue weighted by Crippen LogP contribution is 2.13. The third-order valence-electron chi connectivity index (χ3n) is 4.44. The maximum atomic E-state index is 12.6. The van der Waals surface area contributed by atoms with E-state index in [0.29, 0.717) is 23.6 Å². The molecule has 26 heavy (non-hydrogen) atoms. The van der Waals surface area contributed by atoms with E-state index in [9.17, 15) is 4.79 Å². The number of rotatable bonds is 5. The molecule has 1 unspecified atom stereocenters. The minimum absolute atomic E-state index is 0.134. The van der Waals surface area contributed by atoms with Crippen LogP contribution in [-0.2, 0) is 6.54 Å². The molecule has 0 spiro atoms. The molecule has 8 nitrogen and oxygen atoms in total. The van der Waals surface area contributed by atoms with Crippen molar-refractivity contribution in [2.24, 2.45) is 0 Å². The SMILES string of the molecule is O=C(NC1CCCNC1)c1cnn2ccc(NCc3cccnc3)nc12. The second-order valence-corrected chi connectivity index (χ2v) is 6.37. The monoisotopic (exact) mass is 351 g/mol. The Balaban J connectivity index is 1.49. The van der Waals surface area contributed by atoms with E-state index in [4.69, 9.17) is 0 Å². The molecular formula is C18H21N7O. The molecule has 3 N–H and O–H groups in total.